The van der Waals surface area contributed by atoms with Crippen molar-refractivity contribution in [3.05, 3.63) is 36.4 Å². The Labute approximate surface area is 129 Å². The number of epoxide rings is 2. The lowest BCUT2D eigenvalue weighted by Gasteiger charge is -2.11. The van der Waals surface area contributed by atoms with Gasteiger partial charge in [-0.1, -0.05) is 12.1 Å². The molecule has 2 atom stereocenters. The molecule has 2 aromatic rings. The molecule has 0 amide bonds. The first-order chi connectivity index (χ1) is 10.5. The third-order valence-corrected chi connectivity index (χ3v) is 4.15. The molecular formula is C18H20O4. The first-order valence-corrected chi connectivity index (χ1v) is 7.61. The van der Waals surface area contributed by atoms with Gasteiger partial charge in [-0.3, -0.25) is 0 Å². The highest BCUT2D eigenvalue weighted by Gasteiger charge is 2.40. The van der Waals surface area contributed by atoms with Gasteiger partial charge in [-0.15, -0.1) is 0 Å². The summed E-state index contributed by atoms with van der Waals surface area (Å²) in [6, 6.07) is 12.2. The Morgan fingerprint density at radius 1 is 0.818 bits per heavy atom. The SMILES string of the molecule is CC1(COc2ccc3ccc(OCC4(C)CO4)cc3c2)CO1. The zero-order chi connectivity index (χ0) is 15.2. The van der Waals surface area contributed by atoms with Crippen LogP contribution in [0.2, 0.25) is 0 Å². The van der Waals surface area contributed by atoms with Crippen LogP contribution in [0.5, 0.6) is 11.5 Å². The third kappa shape index (κ3) is 3.03. The van der Waals surface area contributed by atoms with Crippen molar-refractivity contribution in [1.29, 1.82) is 0 Å². The Morgan fingerprint density at radius 3 is 1.68 bits per heavy atom. The van der Waals surface area contributed by atoms with Gasteiger partial charge in [0.25, 0.3) is 0 Å². The van der Waals surface area contributed by atoms with E-state index in [1.54, 1.807) is 0 Å². The molecule has 0 aromatic heterocycles. The average Bonchev–Trinajstić information content (AvgIpc) is 3.43. The van der Waals surface area contributed by atoms with Crippen LogP contribution in [-0.2, 0) is 9.47 Å². The molecule has 0 N–H and O–H groups in total. The quantitative estimate of drug-likeness (QED) is 0.769. The maximum Gasteiger partial charge on any atom is 0.123 e. The predicted octanol–water partition coefficient (Wildman–Crippen LogP) is 3.18. The molecule has 2 saturated heterocycles. The molecule has 0 saturated carbocycles. The second-order valence-electron chi connectivity index (χ2n) is 6.73. The van der Waals surface area contributed by atoms with E-state index >= 15 is 0 Å². The molecule has 2 heterocycles. The number of rotatable bonds is 6. The summed E-state index contributed by atoms with van der Waals surface area (Å²) >= 11 is 0. The fourth-order valence-electron chi connectivity index (χ4n) is 2.27. The minimum Gasteiger partial charge on any atom is -0.490 e. The van der Waals surface area contributed by atoms with Crippen LogP contribution in [0.1, 0.15) is 13.8 Å². The van der Waals surface area contributed by atoms with Crippen LogP contribution in [0, 0.1) is 0 Å². The van der Waals surface area contributed by atoms with Gasteiger partial charge in [0.15, 0.2) is 0 Å². The Morgan fingerprint density at radius 2 is 1.27 bits per heavy atom. The number of hydrogen-bond donors (Lipinski definition) is 0. The molecule has 116 valence electrons. The summed E-state index contributed by atoms with van der Waals surface area (Å²) in [7, 11) is 0. The minimum atomic E-state index is -0.0976. The number of hydrogen-bond acceptors (Lipinski definition) is 4. The summed E-state index contributed by atoms with van der Waals surface area (Å²) in [6.45, 7) is 6.84. The largest absolute Gasteiger partial charge is 0.490 e. The first-order valence-electron chi connectivity index (χ1n) is 7.61. The maximum absolute atomic E-state index is 5.82. The van der Waals surface area contributed by atoms with Gasteiger partial charge in [0.2, 0.25) is 0 Å². The van der Waals surface area contributed by atoms with Gasteiger partial charge in [-0.25, -0.2) is 0 Å². The normalized spacial score (nSPS) is 29.4. The van der Waals surface area contributed by atoms with Gasteiger partial charge < -0.3 is 18.9 Å². The highest BCUT2D eigenvalue weighted by Crippen LogP contribution is 2.30. The van der Waals surface area contributed by atoms with Crippen molar-refractivity contribution in [2.45, 2.75) is 25.0 Å². The van der Waals surface area contributed by atoms with E-state index in [0.29, 0.717) is 13.2 Å². The molecule has 0 aliphatic carbocycles. The van der Waals surface area contributed by atoms with Gasteiger partial charge in [0.1, 0.15) is 35.9 Å². The van der Waals surface area contributed by atoms with Crippen molar-refractivity contribution < 1.29 is 18.9 Å². The number of benzene rings is 2. The van der Waals surface area contributed by atoms with E-state index in [9.17, 15) is 0 Å². The fourth-order valence-corrected chi connectivity index (χ4v) is 2.27. The Kier molecular flexibility index (Phi) is 3.06. The van der Waals surface area contributed by atoms with Gasteiger partial charge >= 0.3 is 0 Å². The van der Waals surface area contributed by atoms with Crippen molar-refractivity contribution in [3.8, 4) is 11.5 Å². The third-order valence-electron chi connectivity index (χ3n) is 4.15. The van der Waals surface area contributed by atoms with E-state index in [0.717, 1.165) is 30.1 Å². The Balaban J connectivity index is 1.49. The van der Waals surface area contributed by atoms with E-state index in [1.165, 1.54) is 5.39 Å². The van der Waals surface area contributed by atoms with Crippen LogP contribution in [0.4, 0.5) is 0 Å². The molecule has 2 aliphatic rings. The van der Waals surface area contributed by atoms with Gasteiger partial charge in [0.05, 0.1) is 13.2 Å². The van der Waals surface area contributed by atoms with Crippen LogP contribution in [0.3, 0.4) is 0 Å². The molecule has 2 fully saturated rings. The highest BCUT2D eigenvalue weighted by atomic mass is 16.6. The predicted molar refractivity (Wildman–Crippen MR) is 83.7 cm³/mol. The van der Waals surface area contributed by atoms with Gasteiger partial charge in [-0.2, -0.15) is 0 Å². The summed E-state index contributed by atoms with van der Waals surface area (Å²) in [5.41, 5.74) is -0.195. The summed E-state index contributed by atoms with van der Waals surface area (Å²) < 4.78 is 22.3. The van der Waals surface area contributed by atoms with Crippen LogP contribution < -0.4 is 9.47 Å². The van der Waals surface area contributed by atoms with E-state index in [2.05, 4.69) is 26.0 Å². The molecule has 4 heteroatoms. The zero-order valence-electron chi connectivity index (χ0n) is 12.9. The second-order valence-corrected chi connectivity index (χ2v) is 6.73. The molecule has 0 bridgehead atoms. The second kappa shape index (κ2) is 4.86. The molecule has 0 radical (unpaired) electrons. The Hall–Kier alpha value is -1.78. The summed E-state index contributed by atoms with van der Waals surface area (Å²) in [4.78, 5) is 0. The van der Waals surface area contributed by atoms with Crippen LogP contribution in [0.15, 0.2) is 36.4 Å². The van der Waals surface area contributed by atoms with Crippen molar-refractivity contribution >= 4 is 10.8 Å². The summed E-state index contributed by atoms with van der Waals surface area (Å²) in [5, 5.41) is 2.28. The smallest absolute Gasteiger partial charge is 0.123 e. The molecule has 22 heavy (non-hydrogen) atoms. The van der Waals surface area contributed by atoms with Gasteiger partial charge in [0, 0.05) is 0 Å². The lowest BCUT2D eigenvalue weighted by molar-refractivity contribution is 0.202. The monoisotopic (exact) mass is 300 g/mol. The van der Waals surface area contributed by atoms with Crippen LogP contribution in [-0.4, -0.2) is 37.6 Å². The fraction of sp³-hybridized carbons (Fsp3) is 0.444. The zero-order valence-corrected chi connectivity index (χ0v) is 12.9. The molecule has 2 aliphatic heterocycles. The standard InChI is InChI=1S/C18H20O4/c1-17(11-21-17)9-19-15-5-3-13-4-6-16(8-14(13)7-15)20-10-18(2)12-22-18/h3-8H,9-12H2,1-2H3. The van der Waals surface area contributed by atoms with E-state index in [-0.39, 0.29) is 11.2 Å². The lowest BCUT2D eigenvalue weighted by Crippen LogP contribution is -2.17. The molecule has 4 rings (SSSR count). The number of fused-ring (bicyclic) bond motifs is 1. The van der Waals surface area contributed by atoms with Crippen molar-refractivity contribution in [2.24, 2.45) is 0 Å². The summed E-state index contributed by atoms with van der Waals surface area (Å²) in [6.07, 6.45) is 0. The first kappa shape index (κ1) is 13.9. The molecule has 2 unspecified atom stereocenters. The topological polar surface area (TPSA) is 43.5 Å². The summed E-state index contributed by atoms with van der Waals surface area (Å²) in [5.74, 6) is 1.72. The van der Waals surface area contributed by atoms with Gasteiger partial charge in [-0.05, 0) is 48.9 Å². The van der Waals surface area contributed by atoms with Crippen LogP contribution in [0.25, 0.3) is 10.8 Å². The molecule has 4 nitrogen and oxygen atoms in total. The van der Waals surface area contributed by atoms with Crippen molar-refractivity contribution in [1.82, 2.24) is 0 Å². The molecule has 2 aromatic carbocycles. The van der Waals surface area contributed by atoms with E-state index in [4.69, 9.17) is 18.9 Å². The highest BCUT2D eigenvalue weighted by molar-refractivity contribution is 5.85. The van der Waals surface area contributed by atoms with Crippen molar-refractivity contribution in [3.63, 3.8) is 0 Å². The maximum atomic E-state index is 5.82. The average molecular weight is 300 g/mol. The van der Waals surface area contributed by atoms with Crippen molar-refractivity contribution in [2.75, 3.05) is 26.4 Å². The molecule has 0 spiro atoms. The minimum absolute atomic E-state index is 0.0976. The molecular weight excluding hydrogens is 280 g/mol. The van der Waals surface area contributed by atoms with E-state index in [1.807, 2.05) is 24.3 Å². The number of ether oxygens (including phenoxy) is 4. The Bertz CT molecular complexity index is 645. The van der Waals surface area contributed by atoms with E-state index < -0.39 is 0 Å². The lowest BCUT2D eigenvalue weighted by atomic mass is 10.1. The van der Waals surface area contributed by atoms with Crippen LogP contribution >= 0.6 is 0 Å².